The van der Waals surface area contributed by atoms with Gasteiger partial charge in [0.1, 0.15) is 12.4 Å². The summed E-state index contributed by atoms with van der Waals surface area (Å²) in [6, 6.07) is 5.75. The van der Waals surface area contributed by atoms with Gasteiger partial charge in [-0.1, -0.05) is 11.6 Å². The van der Waals surface area contributed by atoms with E-state index in [0.717, 1.165) is 35.9 Å². The Morgan fingerprint density at radius 3 is 2.78 bits per heavy atom. The Morgan fingerprint density at radius 1 is 1.28 bits per heavy atom. The van der Waals surface area contributed by atoms with Crippen LogP contribution < -0.4 is 10.5 Å². The van der Waals surface area contributed by atoms with Crippen LogP contribution in [0.25, 0.3) is 0 Å². The summed E-state index contributed by atoms with van der Waals surface area (Å²) in [4.78, 5) is 2.44. The molecule has 0 bridgehead atoms. The smallest absolute Gasteiger partial charge is 0.122 e. The lowest BCUT2D eigenvalue weighted by Crippen LogP contribution is -2.25. The summed E-state index contributed by atoms with van der Waals surface area (Å²) < 4.78 is 5.85. The highest BCUT2D eigenvalue weighted by Crippen LogP contribution is 2.23. The lowest BCUT2D eigenvalue weighted by molar-refractivity contribution is 0.236. The van der Waals surface area contributed by atoms with Gasteiger partial charge in [0.25, 0.3) is 0 Å². The topological polar surface area (TPSA) is 38.5 Å². The summed E-state index contributed by atoms with van der Waals surface area (Å²) in [5.74, 6) is 0.920. The predicted molar refractivity (Wildman–Crippen MR) is 75.4 cm³/mol. The van der Waals surface area contributed by atoms with E-state index in [1.54, 1.807) is 0 Å². The van der Waals surface area contributed by atoms with Gasteiger partial charge in [-0.3, -0.25) is 4.90 Å². The molecule has 4 heteroatoms. The molecule has 0 aliphatic carbocycles. The van der Waals surface area contributed by atoms with Gasteiger partial charge in [-0.25, -0.2) is 0 Å². The van der Waals surface area contributed by atoms with Crippen LogP contribution in [-0.4, -0.2) is 37.7 Å². The summed E-state index contributed by atoms with van der Waals surface area (Å²) >= 11 is 5.99. The van der Waals surface area contributed by atoms with Crippen LogP contribution in [0.4, 0.5) is 0 Å². The maximum atomic E-state index is 5.99. The third-order valence-corrected chi connectivity index (χ3v) is 3.54. The summed E-state index contributed by atoms with van der Waals surface area (Å²) in [5.41, 5.74) is 6.70. The van der Waals surface area contributed by atoms with Crippen molar-refractivity contribution in [1.29, 1.82) is 0 Å². The fraction of sp³-hybridized carbons (Fsp3) is 0.571. The zero-order chi connectivity index (χ0) is 12.8. The molecular weight excluding hydrogens is 248 g/mol. The summed E-state index contributed by atoms with van der Waals surface area (Å²) in [5, 5.41) is 0.741. The predicted octanol–water partition coefficient (Wildman–Crippen LogP) is 2.32. The first-order valence-corrected chi connectivity index (χ1v) is 7.01. The van der Waals surface area contributed by atoms with E-state index in [1.165, 1.54) is 25.9 Å². The third kappa shape index (κ3) is 3.87. The summed E-state index contributed by atoms with van der Waals surface area (Å²) in [6.07, 6.45) is 3.44. The molecule has 2 rings (SSSR count). The number of benzene rings is 1. The number of halogens is 1. The molecule has 2 N–H and O–H groups in total. The molecule has 0 unspecified atom stereocenters. The minimum absolute atomic E-state index is 0.614. The van der Waals surface area contributed by atoms with Crippen molar-refractivity contribution in [3.05, 3.63) is 28.8 Å². The van der Waals surface area contributed by atoms with Crippen molar-refractivity contribution in [3.63, 3.8) is 0 Å². The second-order valence-corrected chi connectivity index (χ2v) is 5.12. The van der Waals surface area contributed by atoms with Crippen LogP contribution in [0, 0.1) is 0 Å². The molecule has 1 saturated heterocycles. The van der Waals surface area contributed by atoms with E-state index in [4.69, 9.17) is 22.1 Å². The van der Waals surface area contributed by atoms with Crippen molar-refractivity contribution in [3.8, 4) is 5.75 Å². The van der Waals surface area contributed by atoms with E-state index >= 15 is 0 Å². The lowest BCUT2D eigenvalue weighted by atomic mass is 10.1. The van der Waals surface area contributed by atoms with Gasteiger partial charge in [0.2, 0.25) is 0 Å². The van der Waals surface area contributed by atoms with Crippen molar-refractivity contribution >= 4 is 11.6 Å². The highest BCUT2D eigenvalue weighted by atomic mass is 35.5. The molecule has 18 heavy (non-hydrogen) atoms. The van der Waals surface area contributed by atoms with E-state index in [1.807, 2.05) is 18.2 Å². The number of likely N-dealkylation sites (tertiary alicyclic amines) is 1. The van der Waals surface area contributed by atoms with Gasteiger partial charge in [-0.2, -0.15) is 0 Å². The van der Waals surface area contributed by atoms with Gasteiger partial charge in [-0.05, 0) is 62.7 Å². The molecule has 0 atom stereocenters. The van der Waals surface area contributed by atoms with E-state index in [2.05, 4.69) is 4.90 Å². The Labute approximate surface area is 114 Å². The first-order valence-electron chi connectivity index (χ1n) is 6.63. The Morgan fingerprint density at radius 2 is 2.06 bits per heavy atom. The van der Waals surface area contributed by atoms with E-state index < -0.39 is 0 Å². The molecule has 3 nitrogen and oxygen atoms in total. The summed E-state index contributed by atoms with van der Waals surface area (Å²) in [7, 11) is 0. The van der Waals surface area contributed by atoms with Gasteiger partial charge in [0.05, 0.1) is 0 Å². The molecule has 1 heterocycles. The number of hydrogen-bond donors (Lipinski definition) is 1. The molecule has 1 aromatic carbocycles. The van der Waals surface area contributed by atoms with Gasteiger partial charge < -0.3 is 10.5 Å². The zero-order valence-corrected chi connectivity index (χ0v) is 11.5. The van der Waals surface area contributed by atoms with E-state index in [9.17, 15) is 0 Å². The number of ether oxygens (including phenoxy) is 1. The largest absolute Gasteiger partial charge is 0.492 e. The van der Waals surface area contributed by atoms with Crippen LogP contribution in [0.15, 0.2) is 18.2 Å². The Hall–Kier alpha value is -0.770. The summed E-state index contributed by atoms with van der Waals surface area (Å²) in [6.45, 7) is 4.77. The zero-order valence-electron chi connectivity index (χ0n) is 10.7. The quantitative estimate of drug-likeness (QED) is 0.861. The normalized spacial score (nSPS) is 16.1. The van der Waals surface area contributed by atoms with Gasteiger partial charge in [-0.15, -0.1) is 0 Å². The van der Waals surface area contributed by atoms with Crippen LogP contribution in [-0.2, 0) is 6.42 Å². The average molecular weight is 269 g/mol. The van der Waals surface area contributed by atoms with Crippen LogP contribution in [0.2, 0.25) is 5.02 Å². The molecule has 0 saturated carbocycles. The minimum atomic E-state index is 0.614. The van der Waals surface area contributed by atoms with Crippen molar-refractivity contribution < 1.29 is 4.74 Å². The Kier molecular flexibility index (Phi) is 5.29. The highest BCUT2D eigenvalue weighted by Gasteiger charge is 2.11. The SMILES string of the molecule is NCCc1cc(Cl)ccc1OCCN1CCCC1. The van der Waals surface area contributed by atoms with Crippen LogP contribution in [0.3, 0.4) is 0 Å². The van der Waals surface area contributed by atoms with Crippen molar-refractivity contribution in [2.45, 2.75) is 19.3 Å². The molecule has 1 aliphatic heterocycles. The second kappa shape index (κ2) is 6.98. The molecule has 1 aliphatic rings. The monoisotopic (exact) mass is 268 g/mol. The maximum Gasteiger partial charge on any atom is 0.122 e. The molecule has 0 spiro atoms. The third-order valence-electron chi connectivity index (χ3n) is 3.30. The second-order valence-electron chi connectivity index (χ2n) is 4.69. The van der Waals surface area contributed by atoms with Crippen LogP contribution in [0.1, 0.15) is 18.4 Å². The number of nitrogens with two attached hydrogens (primary N) is 1. The maximum absolute atomic E-state index is 5.99. The first kappa shape index (κ1) is 13.7. The van der Waals surface area contributed by atoms with Gasteiger partial charge in [0.15, 0.2) is 0 Å². The number of hydrogen-bond acceptors (Lipinski definition) is 3. The van der Waals surface area contributed by atoms with Crippen LogP contribution >= 0.6 is 11.6 Å². The lowest BCUT2D eigenvalue weighted by Gasteiger charge is -2.16. The van der Waals surface area contributed by atoms with E-state index in [0.29, 0.717) is 6.54 Å². The molecule has 0 amide bonds. The van der Waals surface area contributed by atoms with Gasteiger partial charge in [0, 0.05) is 11.6 Å². The molecule has 1 aromatic rings. The highest BCUT2D eigenvalue weighted by molar-refractivity contribution is 6.30. The van der Waals surface area contributed by atoms with E-state index in [-0.39, 0.29) is 0 Å². The van der Waals surface area contributed by atoms with Crippen molar-refractivity contribution in [1.82, 2.24) is 4.90 Å². The van der Waals surface area contributed by atoms with Gasteiger partial charge >= 0.3 is 0 Å². The molecule has 0 radical (unpaired) electrons. The van der Waals surface area contributed by atoms with Crippen molar-refractivity contribution in [2.75, 3.05) is 32.8 Å². The molecule has 100 valence electrons. The fourth-order valence-corrected chi connectivity index (χ4v) is 2.53. The minimum Gasteiger partial charge on any atom is -0.492 e. The molecule has 0 aromatic heterocycles. The Balaban J connectivity index is 1.87. The first-order chi connectivity index (χ1) is 8.79. The fourth-order valence-electron chi connectivity index (χ4n) is 2.33. The molecular formula is C14H21ClN2O. The molecule has 1 fully saturated rings. The standard InChI is InChI=1S/C14H21ClN2O/c15-13-3-4-14(12(11-13)5-6-16)18-10-9-17-7-1-2-8-17/h3-4,11H,1-2,5-10,16H2. The van der Waals surface area contributed by atoms with Crippen molar-refractivity contribution in [2.24, 2.45) is 5.73 Å². The van der Waals surface area contributed by atoms with Crippen LogP contribution in [0.5, 0.6) is 5.75 Å². The number of rotatable bonds is 6. The number of nitrogens with zero attached hydrogens (tertiary/aromatic N) is 1. The Bertz CT molecular complexity index is 378. The average Bonchev–Trinajstić information content (AvgIpc) is 2.85.